The molecular weight excluding hydrogens is 515 g/mol. The Kier molecular flexibility index (Phi) is 6.77. The Bertz CT molecular complexity index is 1300. The fourth-order valence-corrected chi connectivity index (χ4v) is 5.52. The van der Waals surface area contributed by atoms with E-state index < -0.39 is 24.7 Å². The first-order valence-electron chi connectivity index (χ1n) is 13.0. The summed E-state index contributed by atoms with van der Waals surface area (Å²) in [7, 11) is 0. The quantitative estimate of drug-likeness (QED) is 0.633. The highest BCUT2D eigenvalue weighted by Crippen LogP contribution is 2.44. The number of amides is 2. The van der Waals surface area contributed by atoms with E-state index in [0.717, 1.165) is 24.2 Å². The number of pyridine rings is 1. The van der Waals surface area contributed by atoms with Crippen LogP contribution in [0.5, 0.6) is 0 Å². The van der Waals surface area contributed by atoms with Gasteiger partial charge in [0.05, 0.1) is 30.5 Å². The Hall–Kier alpha value is -3.48. The molecule has 2 atom stereocenters. The first-order valence-corrected chi connectivity index (χ1v) is 13.0. The first-order chi connectivity index (χ1) is 18.8. The largest absolute Gasteiger partial charge is 0.406 e. The molecule has 4 aliphatic heterocycles. The molecule has 4 aliphatic rings. The Morgan fingerprint density at radius 3 is 2.69 bits per heavy atom. The molecule has 206 valence electrons. The van der Waals surface area contributed by atoms with Crippen molar-refractivity contribution in [1.82, 2.24) is 20.3 Å². The van der Waals surface area contributed by atoms with Crippen LogP contribution in [0.2, 0.25) is 0 Å². The van der Waals surface area contributed by atoms with Gasteiger partial charge in [-0.2, -0.15) is 13.2 Å². The Morgan fingerprint density at radius 2 is 1.95 bits per heavy atom. The van der Waals surface area contributed by atoms with E-state index in [1.165, 1.54) is 6.20 Å². The van der Waals surface area contributed by atoms with E-state index in [-0.39, 0.29) is 29.1 Å². The second-order valence-corrected chi connectivity index (χ2v) is 9.96. The van der Waals surface area contributed by atoms with Crippen LogP contribution >= 0.6 is 0 Å². The molecule has 9 nitrogen and oxygen atoms in total. The minimum absolute atomic E-state index is 0.143. The lowest BCUT2D eigenvalue weighted by atomic mass is 9.90. The fraction of sp³-hybridized carbons (Fsp3) is 0.444. The van der Waals surface area contributed by atoms with Gasteiger partial charge in [0, 0.05) is 37.7 Å². The molecule has 0 spiro atoms. The summed E-state index contributed by atoms with van der Waals surface area (Å²) in [6.07, 6.45) is 0.823. The molecule has 0 radical (unpaired) electrons. The molecule has 5 heterocycles. The number of alkyl halides is 3. The van der Waals surface area contributed by atoms with Gasteiger partial charge in [-0.25, -0.2) is 5.43 Å². The third-order valence-electron chi connectivity index (χ3n) is 7.41. The van der Waals surface area contributed by atoms with Gasteiger partial charge >= 0.3 is 6.18 Å². The monoisotopic (exact) mass is 543 g/mol. The van der Waals surface area contributed by atoms with Crippen molar-refractivity contribution in [3.8, 4) is 11.1 Å². The molecule has 6 rings (SSSR count). The summed E-state index contributed by atoms with van der Waals surface area (Å²) in [6.45, 7) is 0.857. The number of nitrogens with zero attached hydrogens (tertiary/aromatic N) is 4. The summed E-state index contributed by atoms with van der Waals surface area (Å²) < 4.78 is 52.2. The zero-order valence-electron chi connectivity index (χ0n) is 21.1. The van der Waals surface area contributed by atoms with Crippen LogP contribution in [-0.2, 0) is 14.3 Å². The number of rotatable bonds is 4. The second-order valence-electron chi connectivity index (χ2n) is 9.96. The van der Waals surface area contributed by atoms with Crippen LogP contribution in [0.15, 0.2) is 48.3 Å². The maximum absolute atomic E-state index is 13.7. The van der Waals surface area contributed by atoms with Gasteiger partial charge in [-0.05, 0) is 42.5 Å². The van der Waals surface area contributed by atoms with E-state index >= 15 is 0 Å². The lowest BCUT2D eigenvalue weighted by molar-refractivity contribution is -0.130. The molecule has 0 bridgehead atoms. The van der Waals surface area contributed by atoms with Gasteiger partial charge < -0.3 is 14.4 Å². The summed E-state index contributed by atoms with van der Waals surface area (Å²) in [5.74, 6) is -0.996. The zero-order chi connectivity index (χ0) is 27.1. The molecule has 0 aliphatic carbocycles. The van der Waals surface area contributed by atoms with Crippen molar-refractivity contribution in [3.05, 3.63) is 59.6 Å². The number of anilines is 1. The number of hydrogen-bond acceptors (Lipinski definition) is 7. The summed E-state index contributed by atoms with van der Waals surface area (Å²) in [4.78, 5) is 33.5. The highest BCUT2D eigenvalue weighted by Gasteiger charge is 2.45. The number of carbonyl (C=O) groups is 2. The number of hydrogen-bond donors (Lipinski definition) is 1. The van der Waals surface area contributed by atoms with Crippen molar-refractivity contribution >= 4 is 17.5 Å². The SMILES string of the molecule is O=C(c1ncccc1-c1ccc2c(c1)N(CC(F)(F)F)C(=O)C1=CN(C3CCCCO3)NC12)N1CCOCC1. The Labute approximate surface area is 223 Å². The number of ether oxygens (including phenoxy) is 2. The van der Waals surface area contributed by atoms with Crippen LogP contribution in [0.3, 0.4) is 0 Å². The highest BCUT2D eigenvalue weighted by atomic mass is 19.4. The molecule has 1 N–H and O–H groups in total. The van der Waals surface area contributed by atoms with Gasteiger partial charge in [-0.15, -0.1) is 0 Å². The summed E-state index contributed by atoms with van der Waals surface area (Å²) >= 11 is 0. The van der Waals surface area contributed by atoms with Gasteiger partial charge in [0.25, 0.3) is 11.8 Å². The molecule has 2 aromatic rings. The van der Waals surface area contributed by atoms with E-state index in [0.29, 0.717) is 49.6 Å². The number of nitrogens with one attached hydrogen (secondary N) is 1. The predicted molar refractivity (Wildman–Crippen MR) is 134 cm³/mol. The number of hydrazine groups is 1. The minimum atomic E-state index is -4.61. The summed E-state index contributed by atoms with van der Waals surface area (Å²) in [5.41, 5.74) is 5.36. The standard InChI is InChI=1S/C27H28F3N5O4/c28-27(29,30)16-34-21-14-17(18-4-3-8-31-24(18)26(37)33-9-12-38-13-10-33)6-7-19(21)23-20(25(34)36)15-35(32-23)22-5-1-2-11-39-22/h3-4,6-8,14-15,22-23,32H,1-2,5,9-13,16H2. The molecule has 1 aromatic carbocycles. The molecule has 12 heteroatoms. The number of fused-ring (bicyclic) bond motifs is 3. The van der Waals surface area contributed by atoms with Gasteiger partial charge in [0.1, 0.15) is 18.5 Å². The molecule has 2 unspecified atom stereocenters. The number of morpholine rings is 1. The van der Waals surface area contributed by atoms with E-state index in [2.05, 4.69) is 10.4 Å². The lowest BCUT2D eigenvalue weighted by Gasteiger charge is -2.35. The van der Waals surface area contributed by atoms with E-state index in [9.17, 15) is 22.8 Å². The van der Waals surface area contributed by atoms with Crippen LogP contribution in [-0.4, -0.2) is 78.6 Å². The second kappa shape index (κ2) is 10.2. The van der Waals surface area contributed by atoms with E-state index in [1.54, 1.807) is 46.4 Å². The summed E-state index contributed by atoms with van der Waals surface area (Å²) in [6, 6.07) is 7.79. The fourth-order valence-electron chi connectivity index (χ4n) is 5.52. The maximum Gasteiger partial charge on any atom is 0.406 e. The van der Waals surface area contributed by atoms with Gasteiger partial charge in [0.15, 0.2) is 0 Å². The molecule has 39 heavy (non-hydrogen) atoms. The predicted octanol–water partition coefficient (Wildman–Crippen LogP) is 3.40. The molecular formula is C27H28F3N5O4. The normalized spacial score (nSPS) is 23.4. The molecule has 0 saturated carbocycles. The van der Waals surface area contributed by atoms with Crippen molar-refractivity contribution in [2.75, 3.05) is 44.4 Å². The third kappa shape index (κ3) is 4.99. The number of benzene rings is 1. The molecule has 1 aromatic heterocycles. The van der Waals surface area contributed by atoms with Crippen LogP contribution < -0.4 is 10.3 Å². The average molecular weight is 544 g/mol. The molecule has 2 amide bonds. The van der Waals surface area contributed by atoms with Crippen LogP contribution in [0.25, 0.3) is 11.1 Å². The van der Waals surface area contributed by atoms with Crippen molar-refractivity contribution in [2.24, 2.45) is 0 Å². The van der Waals surface area contributed by atoms with Crippen molar-refractivity contribution in [3.63, 3.8) is 0 Å². The minimum Gasteiger partial charge on any atom is -0.378 e. The Morgan fingerprint density at radius 1 is 1.13 bits per heavy atom. The smallest absolute Gasteiger partial charge is 0.378 e. The highest BCUT2D eigenvalue weighted by molar-refractivity contribution is 6.10. The van der Waals surface area contributed by atoms with Gasteiger partial charge in [0.2, 0.25) is 0 Å². The van der Waals surface area contributed by atoms with Crippen LogP contribution in [0, 0.1) is 0 Å². The van der Waals surface area contributed by atoms with E-state index in [1.807, 2.05) is 0 Å². The molecule has 2 saturated heterocycles. The third-order valence-corrected chi connectivity index (χ3v) is 7.41. The maximum atomic E-state index is 13.7. The number of carbonyl (C=O) groups excluding carboxylic acids is 2. The summed E-state index contributed by atoms with van der Waals surface area (Å²) in [5, 5.41) is 1.70. The van der Waals surface area contributed by atoms with Crippen LogP contribution in [0.1, 0.15) is 41.4 Å². The average Bonchev–Trinajstić information content (AvgIpc) is 3.41. The zero-order valence-corrected chi connectivity index (χ0v) is 21.1. The van der Waals surface area contributed by atoms with E-state index in [4.69, 9.17) is 9.47 Å². The van der Waals surface area contributed by atoms with Gasteiger partial charge in [-0.1, -0.05) is 18.2 Å². The van der Waals surface area contributed by atoms with Gasteiger partial charge in [-0.3, -0.25) is 24.5 Å². The van der Waals surface area contributed by atoms with Crippen molar-refractivity contribution in [2.45, 2.75) is 37.7 Å². The Balaban J connectivity index is 1.39. The van der Waals surface area contributed by atoms with Crippen molar-refractivity contribution in [1.29, 1.82) is 0 Å². The number of aromatic nitrogens is 1. The number of halogens is 3. The lowest BCUT2D eigenvalue weighted by Crippen LogP contribution is -2.46. The first kappa shape index (κ1) is 25.8. The van der Waals surface area contributed by atoms with Crippen molar-refractivity contribution < 1.29 is 32.2 Å². The van der Waals surface area contributed by atoms with Crippen LogP contribution in [0.4, 0.5) is 18.9 Å². The topological polar surface area (TPSA) is 87.2 Å². The molecule has 2 fully saturated rings.